The van der Waals surface area contributed by atoms with E-state index in [4.69, 9.17) is 4.74 Å². The molecule has 1 aromatic carbocycles. The van der Waals surface area contributed by atoms with Crippen LogP contribution in [0.1, 0.15) is 51.5 Å². The predicted octanol–water partition coefficient (Wildman–Crippen LogP) is 3.95. The Morgan fingerprint density at radius 3 is 2.85 bits per heavy atom. The maximum atomic E-state index is 9.78. The van der Waals surface area contributed by atoms with Crippen LogP contribution in [-0.4, -0.2) is 29.2 Å². The summed E-state index contributed by atoms with van der Waals surface area (Å²) in [5.41, 5.74) is 1.23. The number of hydrogen-bond acceptors (Lipinski definition) is 3. The van der Waals surface area contributed by atoms with Crippen LogP contribution in [0.3, 0.4) is 0 Å². The number of benzene rings is 1. The van der Waals surface area contributed by atoms with E-state index < -0.39 is 0 Å². The van der Waals surface area contributed by atoms with Crippen molar-refractivity contribution < 1.29 is 9.84 Å². The first-order valence-corrected chi connectivity index (χ1v) is 7.93. The van der Waals surface area contributed by atoms with Crippen LogP contribution in [0.5, 0.6) is 11.5 Å². The van der Waals surface area contributed by atoms with Crippen molar-refractivity contribution in [3.05, 3.63) is 23.8 Å². The molecule has 1 heterocycles. The van der Waals surface area contributed by atoms with Gasteiger partial charge >= 0.3 is 0 Å². The summed E-state index contributed by atoms with van der Waals surface area (Å²) >= 11 is 0. The molecule has 1 atom stereocenters. The summed E-state index contributed by atoms with van der Waals surface area (Å²) in [4.78, 5) is 2.59. The van der Waals surface area contributed by atoms with Crippen molar-refractivity contribution >= 4 is 0 Å². The monoisotopic (exact) mass is 277 g/mol. The SMILES string of the molecule is CCOc1cc(CN2CCCCCC2CC)ccc1O. The van der Waals surface area contributed by atoms with Gasteiger partial charge in [0.15, 0.2) is 11.5 Å². The molecule has 0 bridgehead atoms. The molecule has 0 radical (unpaired) electrons. The second-order valence-corrected chi connectivity index (χ2v) is 5.62. The predicted molar refractivity (Wildman–Crippen MR) is 82.2 cm³/mol. The van der Waals surface area contributed by atoms with E-state index in [0.29, 0.717) is 18.4 Å². The highest BCUT2D eigenvalue weighted by atomic mass is 16.5. The van der Waals surface area contributed by atoms with E-state index in [0.717, 1.165) is 6.54 Å². The third kappa shape index (κ3) is 3.89. The molecule has 1 aliphatic heterocycles. The van der Waals surface area contributed by atoms with Gasteiger partial charge in [0.1, 0.15) is 0 Å². The average Bonchev–Trinajstić information content (AvgIpc) is 2.68. The summed E-state index contributed by atoms with van der Waals surface area (Å²) in [6.07, 6.45) is 6.54. The van der Waals surface area contributed by atoms with Crippen LogP contribution in [0, 0.1) is 0 Å². The maximum Gasteiger partial charge on any atom is 0.161 e. The standard InChI is InChI=1S/C17H27NO2/c1-3-15-8-6-5-7-11-18(15)13-14-9-10-16(19)17(12-14)20-4-2/h9-10,12,15,19H,3-8,11,13H2,1-2H3. The summed E-state index contributed by atoms with van der Waals surface area (Å²) < 4.78 is 5.48. The van der Waals surface area contributed by atoms with Gasteiger partial charge in [0.2, 0.25) is 0 Å². The number of phenolic OH excluding ortho intramolecular Hbond substituents is 1. The second-order valence-electron chi connectivity index (χ2n) is 5.62. The second kappa shape index (κ2) is 7.53. The Hall–Kier alpha value is -1.22. The number of likely N-dealkylation sites (tertiary alicyclic amines) is 1. The highest BCUT2D eigenvalue weighted by molar-refractivity contribution is 5.41. The molecule has 0 aromatic heterocycles. The first kappa shape index (κ1) is 15.2. The van der Waals surface area contributed by atoms with E-state index in [1.807, 2.05) is 19.1 Å². The van der Waals surface area contributed by atoms with Crippen LogP contribution in [0.2, 0.25) is 0 Å². The molecular weight excluding hydrogens is 250 g/mol. The number of hydrogen-bond donors (Lipinski definition) is 1. The third-order valence-electron chi connectivity index (χ3n) is 4.18. The van der Waals surface area contributed by atoms with Gasteiger partial charge in [-0.25, -0.2) is 0 Å². The molecule has 1 N–H and O–H groups in total. The zero-order valence-electron chi connectivity index (χ0n) is 12.8. The minimum atomic E-state index is 0.235. The number of phenols is 1. The van der Waals surface area contributed by atoms with Crippen LogP contribution in [-0.2, 0) is 6.54 Å². The van der Waals surface area contributed by atoms with Gasteiger partial charge in [-0.15, -0.1) is 0 Å². The molecule has 2 rings (SSSR count). The third-order valence-corrected chi connectivity index (χ3v) is 4.18. The first-order chi connectivity index (χ1) is 9.74. The number of aromatic hydroxyl groups is 1. The Morgan fingerprint density at radius 1 is 1.25 bits per heavy atom. The largest absolute Gasteiger partial charge is 0.504 e. The summed E-state index contributed by atoms with van der Waals surface area (Å²) in [6, 6.07) is 6.44. The van der Waals surface area contributed by atoms with Gasteiger partial charge in [-0.1, -0.05) is 25.8 Å². The molecule has 112 valence electrons. The fourth-order valence-corrected chi connectivity index (χ4v) is 3.07. The number of nitrogens with zero attached hydrogens (tertiary/aromatic N) is 1. The molecule has 1 aromatic rings. The zero-order valence-corrected chi connectivity index (χ0v) is 12.8. The highest BCUT2D eigenvalue weighted by Gasteiger charge is 2.19. The molecular formula is C17H27NO2. The van der Waals surface area contributed by atoms with Crippen molar-refractivity contribution in [2.75, 3.05) is 13.2 Å². The summed E-state index contributed by atoms with van der Waals surface area (Å²) in [5, 5.41) is 9.78. The van der Waals surface area contributed by atoms with Gasteiger partial charge in [0.25, 0.3) is 0 Å². The van der Waals surface area contributed by atoms with Crippen molar-refractivity contribution in [3.63, 3.8) is 0 Å². The number of rotatable bonds is 5. The molecule has 3 heteroatoms. The molecule has 1 fully saturated rings. The van der Waals surface area contributed by atoms with Crippen molar-refractivity contribution in [1.29, 1.82) is 0 Å². The van der Waals surface area contributed by atoms with Gasteiger partial charge in [-0.3, -0.25) is 4.90 Å². The lowest BCUT2D eigenvalue weighted by molar-refractivity contribution is 0.185. The molecule has 3 nitrogen and oxygen atoms in total. The Bertz CT molecular complexity index is 419. The Morgan fingerprint density at radius 2 is 2.10 bits per heavy atom. The van der Waals surface area contributed by atoms with Crippen LogP contribution < -0.4 is 4.74 Å². The maximum absolute atomic E-state index is 9.78. The zero-order chi connectivity index (χ0) is 14.4. The molecule has 0 amide bonds. The van der Waals surface area contributed by atoms with Crippen molar-refractivity contribution in [3.8, 4) is 11.5 Å². The van der Waals surface area contributed by atoms with Gasteiger partial charge < -0.3 is 9.84 Å². The van der Waals surface area contributed by atoms with Crippen molar-refractivity contribution in [2.45, 2.75) is 58.5 Å². The topological polar surface area (TPSA) is 32.7 Å². The quantitative estimate of drug-likeness (QED) is 0.884. The van der Waals surface area contributed by atoms with Gasteiger partial charge in [0, 0.05) is 12.6 Å². The van der Waals surface area contributed by atoms with Gasteiger partial charge in [-0.2, -0.15) is 0 Å². The smallest absolute Gasteiger partial charge is 0.161 e. The summed E-state index contributed by atoms with van der Waals surface area (Å²) in [7, 11) is 0. The van der Waals surface area contributed by atoms with Crippen LogP contribution >= 0.6 is 0 Å². The van der Waals surface area contributed by atoms with E-state index in [1.165, 1.54) is 44.2 Å². The highest BCUT2D eigenvalue weighted by Crippen LogP contribution is 2.28. The summed E-state index contributed by atoms with van der Waals surface area (Å²) in [6.45, 7) is 6.94. The van der Waals surface area contributed by atoms with Crippen LogP contribution in [0.15, 0.2) is 18.2 Å². The van der Waals surface area contributed by atoms with Crippen LogP contribution in [0.25, 0.3) is 0 Å². The normalized spacial score (nSPS) is 20.6. The van der Waals surface area contributed by atoms with E-state index in [1.54, 1.807) is 6.07 Å². The lowest BCUT2D eigenvalue weighted by atomic mass is 10.1. The number of ether oxygens (including phenoxy) is 1. The van der Waals surface area contributed by atoms with E-state index in [-0.39, 0.29) is 5.75 Å². The van der Waals surface area contributed by atoms with E-state index in [9.17, 15) is 5.11 Å². The average molecular weight is 277 g/mol. The minimum Gasteiger partial charge on any atom is -0.504 e. The Kier molecular flexibility index (Phi) is 5.72. The molecule has 1 aliphatic rings. The van der Waals surface area contributed by atoms with Gasteiger partial charge in [-0.05, 0) is 50.4 Å². The van der Waals surface area contributed by atoms with Crippen molar-refractivity contribution in [1.82, 2.24) is 4.90 Å². The van der Waals surface area contributed by atoms with Gasteiger partial charge in [0.05, 0.1) is 6.61 Å². The molecule has 0 saturated carbocycles. The van der Waals surface area contributed by atoms with E-state index >= 15 is 0 Å². The molecule has 0 spiro atoms. The molecule has 1 unspecified atom stereocenters. The Balaban J connectivity index is 2.09. The Labute approximate surface area is 122 Å². The first-order valence-electron chi connectivity index (χ1n) is 7.93. The lowest BCUT2D eigenvalue weighted by Gasteiger charge is -2.29. The summed E-state index contributed by atoms with van der Waals surface area (Å²) in [5.74, 6) is 0.839. The van der Waals surface area contributed by atoms with Crippen molar-refractivity contribution in [2.24, 2.45) is 0 Å². The molecule has 20 heavy (non-hydrogen) atoms. The fourth-order valence-electron chi connectivity index (χ4n) is 3.07. The molecule has 0 aliphatic carbocycles. The fraction of sp³-hybridized carbons (Fsp3) is 0.647. The molecule has 1 saturated heterocycles. The lowest BCUT2D eigenvalue weighted by Crippen LogP contribution is -2.33. The van der Waals surface area contributed by atoms with E-state index in [2.05, 4.69) is 11.8 Å². The van der Waals surface area contributed by atoms with Crippen LogP contribution in [0.4, 0.5) is 0 Å². The minimum absolute atomic E-state index is 0.235.